The van der Waals surface area contributed by atoms with Crippen molar-refractivity contribution in [2.75, 3.05) is 23.0 Å². The quantitative estimate of drug-likeness (QED) is 0.615. The molecule has 7 heteroatoms. The average Bonchev–Trinajstić information content (AvgIpc) is 2.95. The molecule has 2 aromatic carbocycles. The highest BCUT2D eigenvalue weighted by Gasteiger charge is 2.37. The lowest BCUT2D eigenvalue weighted by atomic mass is 9.83. The molecule has 0 atom stereocenters. The first-order valence-electron chi connectivity index (χ1n) is 9.90. The van der Waals surface area contributed by atoms with Crippen LogP contribution < -0.4 is 16.0 Å². The minimum atomic E-state index is -0.194. The van der Waals surface area contributed by atoms with Crippen molar-refractivity contribution in [1.82, 2.24) is 15.0 Å². The van der Waals surface area contributed by atoms with Gasteiger partial charge in [0, 0.05) is 29.5 Å². The predicted octanol–water partition coefficient (Wildman–Crippen LogP) is 4.42. The normalized spacial score (nSPS) is 16.1. The molecule has 4 rings (SSSR count). The maximum absolute atomic E-state index is 9.77. The number of aromatic nitrogens is 3. The number of rotatable bonds is 4. The van der Waals surface area contributed by atoms with Crippen LogP contribution in [0, 0.1) is 11.3 Å². The van der Waals surface area contributed by atoms with E-state index in [9.17, 15) is 5.26 Å². The Morgan fingerprint density at radius 3 is 2.48 bits per heavy atom. The fourth-order valence-electron chi connectivity index (χ4n) is 3.85. The van der Waals surface area contributed by atoms with Crippen molar-refractivity contribution >= 4 is 28.8 Å². The number of nitriles is 1. The van der Waals surface area contributed by atoms with Gasteiger partial charge in [-0.05, 0) is 35.9 Å². The number of hydrogen-bond acceptors (Lipinski definition) is 7. The molecule has 0 spiro atoms. The van der Waals surface area contributed by atoms with Crippen LogP contribution in [0.2, 0.25) is 0 Å². The molecule has 0 amide bonds. The molecule has 1 aromatic heterocycles. The molecule has 3 N–H and O–H groups in total. The van der Waals surface area contributed by atoms with Crippen LogP contribution in [-0.2, 0) is 5.41 Å². The topological polar surface area (TPSA) is 104 Å². The van der Waals surface area contributed by atoms with E-state index in [-0.39, 0.29) is 23.1 Å². The molecule has 154 valence electrons. The zero-order chi connectivity index (χ0) is 22.0. The monoisotopic (exact) mass is 409 g/mol. The van der Waals surface area contributed by atoms with Crippen LogP contribution in [0.25, 0.3) is 5.57 Å². The van der Waals surface area contributed by atoms with Crippen molar-refractivity contribution < 1.29 is 0 Å². The van der Waals surface area contributed by atoms with Gasteiger partial charge in [-0.2, -0.15) is 20.2 Å². The van der Waals surface area contributed by atoms with Crippen molar-refractivity contribution in [2.45, 2.75) is 19.3 Å². The Balaban J connectivity index is 1.69. The lowest BCUT2D eigenvalue weighted by molar-refractivity contribution is 0.640. The van der Waals surface area contributed by atoms with Gasteiger partial charge in [0.15, 0.2) is 5.82 Å². The maximum atomic E-state index is 9.77. The van der Waals surface area contributed by atoms with Crippen LogP contribution >= 0.6 is 0 Å². The number of anilines is 4. The Bertz CT molecular complexity index is 1220. The highest BCUT2D eigenvalue weighted by molar-refractivity contribution is 5.76. The van der Waals surface area contributed by atoms with Crippen molar-refractivity contribution in [2.24, 2.45) is 0 Å². The van der Waals surface area contributed by atoms with Gasteiger partial charge in [0.2, 0.25) is 11.9 Å². The molecule has 0 fully saturated rings. The van der Waals surface area contributed by atoms with Crippen molar-refractivity contribution in [3.8, 4) is 6.07 Å². The Hall–Kier alpha value is -4.18. The molecule has 1 aliphatic heterocycles. The van der Waals surface area contributed by atoms with Crippen LogP contribution in [0.4, 0.5) is 23.3 Å². The molecule has 0 bridgehead atoms. The fraction of sp³-hybridized carbons (Fsp3) is 0.167. The van der Waals surface area contributed by atoms with E-state index in [1.165, 1.54) is 5.56 Å². The number of hydrogen-bond donors (Lipinski definition) is 2. The summed E-state index contributed by atoms with van der Waals surface area (Å²) in [5.41, 5.74) is 10.3. The summed E-state index contributed by atoms with van der Waals surface area (Å²) in [4.78, 5) is 14.8. The zero-order valence-electron chi connectivity index (χ0n) is 17.7. The van der Waals surface area contributed by atoms with Gasteiger partial charge in [-0.25, -0.2) is 0 Å². The fourth-order valence-corrected chi connectivity index (χ4v) is 3.85. The number of nitrogens with two attached hydrogens (primary N) is 1. The summed E-state index contributed by atoms with van der Waals surface area (Å²) in [5.74, 6) is 0.553. The van der Waals surface area contributed by atoms with Gasteiger partial charge in [0.05, 0.1) is 5.57 Å². The van der Waals surface area contributed by atoms with Gasteiger partial charge < -0.3 is 16.0 Å². The number of nitrogens with zero attached hydrogens (tertiary/aromatic N) is 5. The van der Waals surface area contributed by atoms with Crippen LogP contribution in [0.15, 0.2) is 72.4 Å². The second-order valence-corrected chi connectivity index (χ2v) is 7.78. The van der Waals surface area contributed by atoms with E-state index in [4.69, 9.17) is 5.73 Å². The van der Waals surface area contributed by atoms with Gasteiger partial charge in [-0.3, -0.25) is 0 Å². The molecule has 31 heavy (non-hydrogen) atoms. The number of allylic oxidation sites excluding steroid dienone is 4. The van der Waals surface area contributed by atoms with E-state index < -0.39 is 0 Å². The molecular formula is C24H23N7. The highest BCUT2D eigenvalue weighted by atomic mass is 15.2. The van der Waals surface area contributed by atoms with Gasteiger partial charge in [-0.1, -0.05) is 50.2 Å². The minimum Gasteiger partial charge on any atom is -0.368 e. The average molecular weight is 409 g/mol. The first-order chi connectivity index (χ1) is 14.9. The number of fused-ring (bicyclic) bond motifs is 1. The second-order valence-electron chi connectivity index (χ2n) is 7.78. The Kier molecular flexibility index (Phi) is 5.14. The first-order valence-corrected chi connectivity index (χ1v) is 9.90. The van der Waals surface area contributed by atoms with E-state index >= 15 is 0 Å². The third-order valence-electron chi connectivity index (χ3n) is 5.39. The number of benzene rings is 2. The van der Waals surface area contributed by atoms with Crippen LogP contribution in [0.5, 0.6) is 0 Å². The lowest BCUT2D eigenvalue weighted by Crippen LogP contribution is -2.22. The molecule has 1 aliphatic rings. The van der Waals surface area contributed by atoms with Gasteiger partial charge in [-0.15, -0.1) is 0 Å². The van der Waals surface area contributed by atoms with Crippen molar-refractivity contribution in [3.63, 3.8) is 0 Å². The third-order valence-corrected chi connectivity index (χ3v) is 5.39. The van der Waals surface area contributed by atoms with Crippen molar-refractivity contribution in [3.05, 3.63) is 83.8 Å². The number of likely N-dealkylation sites (N-methyl/N-ethyl adjacent to an activating group) is 1. The lowest BCUT2D eigenvalue weighted by Gasteiger charge is -2.23. The maximum Gasteiger partial charge on any atom is 0.232 e. The van der Waals surface area contributed by atoms with Crippen LogP contribution in [0.1, 0.15) is 25.2 Å². The van der Waals surface area contributed by atoms with E-state index in [1.807, 2.05) is 55.6 Å². The largest absolute Gasteiger partial charge is 0.368 e. The second kappa shape index (κ2) is 7.92. The molecule has 3 aromatic rings. The summed E-state index contributed by atoms with van der Waals surface area (Å²) in [5, 5.41) is 12.9. The molecule has 0 saturated carbocycles. The molecule has 0 unspecified atom stereocenters. The molecule has 2 heterocycles. The summed E-state index contributed by atoms with van der Waals surface area (Å²) in [7, 11) is 2.03. The summed E-state index contributed by atoms with van der Waals surface area (Å²) in [6, 6.07) is 20.0. The standard InChI is InChI=1S/C24H23N7/c1-24(2)18-11-7-8-12-19(18)31(3)20(24)14-13-16(15-25)21-28-22(26)30-23(29-21)27-17-9-5-4-6-10-17/h4-14H,1-3H3,(H3,26,27,28,29,30)/b16-13+,20-14-. The Morgan fingerprint density at radius 1 is 1.06 bits per heavy atom. The third kappa shape index (κ3) is 3.83. The Labute approximate surface area is 181 Å². The number of nitrogens with one attached hydrogen (secondary N) is 1. The summed E-state index contributed by atoms with van der Waals surface area (Å²) >= 11 is 0. The van der Waals surface area contributed by atoms with Gasteiger partial charge in [0.25, 0.3) is 0 Å². The summed E-state index contributed by atoms with van der Waals surface area (Å²) in [6.45, 7) is 4.34. The van der Waals surface area contributed by atoms with Crippen LogP contribution in [0.3, 0.4) is 0 Å². The van der Waals surface area contributed by atoms with Crippen molar-refractivity contribution in [1.29, 1.82) is 5.26 Å². The SMILES string of the molecule is CN1/C(=C\C=C(/C#N)c2nc(N)nc(Nc3ccccc3)n2)C(C)(C)c2ccccc21. The smallest absolute Gasteiger partial charge is 0.232 e. The number of nitrogen functional groups attached to an aromatic ring is 1. The summed E-state index contributed by atoms with van der Waals surface area (Å²) in [6.07, 6.45) is 3.68. The van der Waals surface area contributed by atoms with Gasteiger partial charge >= 0.3 is 0 Å². The molecule has 0 radical (unpaired) electrons. The zero-order valence-corrected chi connectivity index (χ0v) is 17.7. The predicted molar refractivity (Wildman–Crippen MR) is 124 cm³/mol. The molecule has 0 saturated heterocycles. The van der Waals surface area contributed by atoms with Crippen LogP contribution in [-0.4, -0.2) is 22.0 Å². The number of para-hydroxylation sites is 2. The molecular weight excluding hydrogens is 386 g/mol. The van der Waals surface area contributed by atoms with E-state index in [0.717, 1.165) is 17.1 Å². The first kappa shape index (κ1) is 20.1. The molecule has 7 nitrogen and oxygen atoms in total. The van der Waals surface area contributed by atoms with E-state index in [2.05, 4.69) is 57.2 Å². The molecule has 0 aliphatic carbocycles. The summed E-state index contributed by atoms with van der Waals surface area (Å²) < 4.78 is 0. The van der Waals surface area contributed by atoms with Gasteiger partial charge in [0.1, 0.15) is 6.07 Å². The van der Waals surface area contributed by atoms with E-state index in [0.29, 0.717) is 5.57 Å². The highest BCUT2D eigenvalue weighted by Crippen LogP contribution is 2.46. The Morgan fingerprint density at radius 2 is 1.77 bits per heavy atom. The minimum absolute atomic E-state index is 0.0444. The van der Waals surface area contributed by atoms with E-state index in [1.54, 1.807) is 6.08 Å².